The van der Waals surface area contributed by atoms with Gasteiger partial charge in [0.15, 0.2) is 5.15 Å². The molecule has 3 N–H and O–H groups in total. The first-order valence-electron chi connectivity index (χ1n) is 5.75. The number of hydrogen-bond donors (Lipinski definition) is 2. The molecule has 0 radical (unpaired) electrons. The van der Waals surface area contributed by atoms with Crippen LogP contribution in [0.5, 0.6) is 0 Å². The molecule has 0 aliphatic rings. The number of amides is 1. The highest BCUT2D eigenvalue weighted by Crippen LogP contribution is 2.20. The number of imidazole rings is 1. The van der Waals surface area contributed by atoms with E-state index in [1.165, 1.54) is 0 Å². The second kappa shape index (κ2) is 5.81. The number of hydrogen-bond acceptors (Lipinski definition) is 4. The molecule has 7 heteroatoms. The molecule has 1 amide bonds. The average Bonchev–Trinajstić information content (AvgIpc) is 2.83. The maximum atomic E-state index is 12.0. The highest BCUT2D eigenvalue weighted by atomic mass is 35.5. The van der Waals surface area contributed by atoms with E-state index < -0.39 is 0 Å². The van der Waals surface area contributed by atoms with E-state index in [2.05, 4.69) is 15.3 Å². The first-order chi connectivity index (χ1) is 9.10. The molecule has 0 aliphatic carbocycles. The van der Waals surface area contributed by atoms with E-state index in [-0.39, 0.29) is 11.1 Å². The van der Waals surface area contributed by atoms with Crippen molar-refractivity contribution in [3.8, 4) is 0 Å². The number of nitrogens with two attached hydrogens (primary N) is 1. The van der Waals surface area contributed by atoms with Crippen molar-refractivity contribution >= 4 is 23.2 Å². The minimum atomic E-state index is -0.329. The van der Waals surface area contributed by atoms with Crippen LogP contribution in [0.25, 0.3) is 0 Å². The molecular formula is C12H14ClN5O. The van der Waals surface area contributed by atoms with Crippen LogP contribution in [0.4, 0.5) is 5.69 Å². The largest absolute Gasteiger partial charge is 0.335 e. The first-order valence-corrected chi connectivity index (χ1v) is 6.13. The molecule has 0 fully saturated rings. The number of carbonyl (C=O) groups is 1. The molecule has 0 saturated heterocycles. The monoisotopic (exact) mass is 279 g/mol. The highest BCUT2D eigenvalue weighted by molar-refractivity contribution is 6.32. The molecule has 2 rings (SSSR count). The maximum Gasteiger partial charge on any atom is 0.275 e. The molecule has 100 valence electrons. The van der Waals surface area contributed by atoms with Crippen LogP contribution in [0.3, 0.4) is 0 Å². The predicted octanol–water partition coefficient (Wildman–Crippen LogP) is 1.45. The Balaban J connectivity index is 2.13. The summed E-state index contributed by atoms with van der Waals surface area (Å²) in [4.78, 5) is 20.0. The zero-order valence-corrected chi connectivity index (χ0v) is 11.2. The van der Waals surface area contributed by atoms with Crippen LogP contribution >= 0.6 is 11.6 Å². The van der Waals surface area contributed by atoms with Gasteiger partial charge in [-0.1, -0.05) is 11.6 Å². The maximum absolute atomic E-state index is 12.0. The fraction of sp³-hybridized carbons (Fsp3) is 0.250. The first kappa shape index (κ1) is 13.5. The van der Waals surface area contributed by atoms with Crippen molar-refractivity contribution in [2.45, 2.75) is 13.5 Å². The molecule has 2 aromatic rings. The number of aromatic nitrogens is 3. The van der Waals surface area contributed by atoms with Gasteiger partial charge in [0.25, 0.3) is 5.91 Å². The van der Waals surface area contributed by atoms with Crippen LogP contribution in [-0.4, -0.2) is 27.0 Å². The van der Waals surface area contributed by atoms with E-state index in [1.54, 1.807) is 29.4 Å². The third-order valence-electron chi connectivity index (χ3n) is 2.48. The highest BCUT2D eigenvalue weighted by Gasteiger charge is 2.12. The molecule has 0 atom stereocenters. The molecule has 0 unspecified atom stereocenters. The van der Waals surface area contributed by atoms with Gasteiger partial charge in [0.2, 0.25) is 0 Å². The van der Waals surface area contributed by atoms with Crippen molar-refractivity contribution in [3.63, 3.8) is 0 Å². The summed E-state index contributed by atoms with van der Waals surface area (Å²) in [6, 6.07) is 1.75. The van der Waals surface area contributed by atoms with Crippen LogP contribution in [0, 0.1) is 6.92 Å². The zero-order chi connectivity index (χ0) is 13.8. The van der Waals surface area contributed by atoms with Gasteiger partial charge in [0.05, 0.1) is 12.0 Å². The minimum Gasteiger partial charge on any atom is -0.335 e. The van der Waals surface area contributed by atoms with Gasteiger partial charge in [0, 0.05) is 25.5 Å². The third-order valence-corrected chi connectivity index (χ3v) is 2.78. The Morgan fingerprint density at radius 1 is 1.53 bits per heavy atom. The molecule has 2 heterocycles. The third kappa shape index (κ3) is 3.30. The summed E-state index contributed by atoms with van der Waals surface area (Å²) in [6.45, 7) is 2.98. The van der Waals surface area contributed by atoms with Crippen molar-refractivity contribution < 1.29 is 4.79 Å². The Bertz CT molecular complexity index is 596. The molecular weight excluding hydrogens is 266 g/mol. The summed E-state index contributed by atoms with van der Waals surface area (Å²) < 4.78 is 1.75. The standard InChI is InChI=1S/C12H14ClN5O/c1-8-4-9(11(13)15-5-8)17-12(19)10-6-18(3-2-14)7-16-10/h4-7H,2-3,14H2,1H3,(H,17,19). The molecule has 19 heavy (non-hydrogen) atoms. The van der Waals surface area contributed by atoms with Crippen molar-refractivity contribution in [1.82, 2.24) is 14.5 Å². The quantitative estimate of drug-likeness (QED) is 0.830. The molecule has 0 saturated carbocycles. The lowest BCUT2D eigenvalue weighted by atomic mass is 10.3. The Kier molecular flexibility index (Phi) is 4.13. The van der Waals surface area contributed by atoms with E-state index in [9.17, 15) is 4.79 Å². The lowest BCUT2D eigenvalue weighted by Crippen LogP contribution is -2.13. The molecule has 0 bridgehead atoms. The Morgan fingerprint density at radius 2 is 2.32 bits per heavy atom. The molecule has 6 nitrogen and oxygen atoms in total. The van der Waals surface area contributed by atoms with Crippen molar-refractivity contribution in [2.24, 2.45) is 5.73 Å². The Hall–Kier alpha value is -1.92. The number of anilines is 1. The van der Waals surface area contributed by atoms with E-state index in [4.69, 9.17) is 17.3 Å². The van der Waals surface area contributed by atoms with E-state index >= 15 is 0 Å². The van der Waals surface area contributed by atoms with E-state index in [0.29, 0.717) is 24.5 Å². The summed E-state index contributed by atoms with van der Waals surface area (Å²) in [5.74, 6) is -0.329. The van der Waals surface area contributed by atoms with E-state index in [1.807, 2.05) is 6.92 Å². The fourth-order valence-corrected chi connectivity index (χ4v) is 1.73. The van der Waals surface area contributed by atoms with Crippen LogP contribution < -0.4 is 11.1 Å². The normalized spacial score (nSPS) is 10.5. The Morgan fingerprint density at radius 3 is 3.05 bits per heavy atom. The number of pyridine rings is 1. The fourth-order valence-electron chi connectivity index (χ4n) is 1.58. The van der Waals surface area contributed by atoms with Gasteiger partial charge >= 0.3 is 0 Å². The summed E-state index contributed by atoms with van der Waals surface area (Å²) in [5, 5.41) is 2.93. The smallest absolute Gasteiger partial charge is 0.275 e. The summed E-state index contributed by atoms with van der Waals surface area (Å²) in [7, 11) is 0. The zero-order valence-electron chi connectivity index (χ0n) is 10.4. The number of aryl methyl sites for hydroxylation is 1. The number of nitrogens with one attached hydrogen (secondary N) is 1. The minimum absolute atomic E-state index is 0.250. The van der Waals surface area contributed by atoms with Gasteiger partial charge in [-0.2, -0.15) is 0 Å². The lowest BCUT2D eigenvalue weighted by Gasteiger charge is -2.05. The van der Waals surface area contributed by atoms with Crippen LogP contribution in [0.2, 0.25) is 5.15 Å². The van der Waals surface area contributed by atoms with Crippen molar-refractivity contribution in [3.05, 3.63) is 41.2 Å². The van der Waals surface area contributed by atoms with Crippen molar-refractivity contribution in [1.29, 1.82) is 0 Å². The van der Waals surface area contributed by atoms with Gasteiger partial charge in [-0.05, 0) is 18.6 Å². The topological polar surface area (TPSA) is 85.8 Å². The van der Waals surface area contributed by atoms with Gasteiger partial charge < -0.3 is 15.6 Å². The lowest BCUT2D eigenvalue weighted by molar-refractivity contribution is 0.102. The average molecular weight is 280 g/mol. The SMILES string of the molecule is Cc1cnc(Cl)c(NC(=O)c2cn(CCN)cn2)c1. The van der Waals surface area contributed by atoms with Gasteiger partial charge in [0.1, 0.15) is 5.69 Å². The van der Waals surface area contributed by atoms with Gasteiger partial charge in [-0.15, -0.1) is 0 Å². The van der Waals surface area contributed by atoms with Crippen LogP contribution in [0.1, 0.15) is 16.1 Å². The summed E-state index contributed by atoms with van der Waals surface area (Å²) >= 11 is 5.91. The molecule has 0 aromatic carbocycles. The van der Waals surface area contributed by atoms with Gasteiger partial charge in [-0.25, -0.2) is 9.97 Å². The van der Waals surface area contributed by atoms with Crippen LogP contribution in [-0.2, 0) is 6.54 Å². The van der Waals surface area contributed by atoms with E-state index in [0.717, 1.165) is 5.56 Å². The second-order valence-corrected chi connectivity index (χ2v) is 4.45. The number of carbonyl (C=O) groups excluding carboxylic acids is 1. The second-order valence-electron chi connectivity index (χ2n) is 4.09. The molecule has 2 aromatic heterocycles. The van der Waals surface area contributed by atoms with Crippen molar-refractivity contribution in [2.75, 3.05) is 11.9 Å². The molecule has 0 aliphatic heterocycles. The summed E-state index contributed by atoms with van der Waals surface area (Å²) in [6.07, 6.45) is 4.84. The predicted molar refractivity (Wildman–Crippen MR) is 73.2 cm³/mol. The number of rotatable bonds is 4. The number of nitrogens with zero attached hydrogens (tertiary/aromatic N) is 3. The van der Waals surface area contributed by atoms with Crippen LogP contribution in [0.15, 0.2) is 24.8 Å². The summed E-state index contributed by atoms with van der Waals surface area (Å²) in [5.41, 5.74) is 7.13. The number of halogens is 1. The Labute approximate surface area is 115 Å². The van der Waals surface area contributed by atoms with Gasteiger partial charge in [-0.3, -0.25) is 4.79 Å². The molecule has 0 spiro atoms.